The Balaban J connectivity index is 3.30. The molecule has 0 saturated heterocycles. The lowest BCUT2D eigenvalue weighted by molar-refractivity contribution is 0.213. The van der Waals surface area contributed by atoms with Crippen molar-refractivity contribution in [2.75, 3.05) is 19.8 Å². The summed E-state index contributed by atoms with van der Waals surface area (Å²) in [4.78, 5) is 12.6. The zero-order valence-corrected chi connectivity index (χ0v) is 14.1. The van der Waals surface area contributed by atoms with Gasteiger partial charge in [-0.1, -0.05) is 18.2 Å². The second kappa shape index (κ2) is 8.02. The first-order valence-corrected chi connectivity index (χ1v) is 9.85. The van der Waals surface area contributed by atoms with Gasteiger partial charge in [-0.05, 0) is 32.9 Å². The van der Waals surface area contributed by atoms with Crippen LogP contribution < -0.4 is 5.30 Å². The van der Waals surface area contributed by atoms with Gasteiger partial charge in [-0.25, -0.2) is 0 Å². The van der Waals surface area contributed by atoms with Gasteiger partial charge in [0.05, 0.1) is 19.8 Å². The largest absolute Gasteiger partial charge is 0.407 e. The van der Waals surface area contributed by atoms with Crippen LogP contribution in [-0.2, 0) is 22.7 Å². The van der Waals surface area contributed by atoms with Crippen molar-refractivity contribution >= 4 is 25.5 Å². The van der Waals surface area contributed by atoms with Crippen molar-refractivity contribution < 1.29 is 27.5 Å². The number of hydrogen-bond donors (Lipinski definition) is 0. The van der Waals surface area contributed by atoms with E-state index < -0.39 is 20.2 Å². The highest BCUT2D eigenvalue weighted by molar-refractivity contribution is 8.03. The summed E-state index contributed by atoms with van der Waals surface area (Å²) in [6.07, 6.45) is 0. The van der Waals surface area contributed by atoms with Crippen molar-refractivity contribution in [1.82, 2.24) is 0 Å². The summed E-state index contributed by atoms with van der Waals surface area (Å²) in [5.74, 6) is 0. The van der Waals surface area contributed by atoms with Crippen molar-refractivity contribution in [3.05, 3.63) is 30.3 Å². The maximum Gasteiger partial charge on any atom is 0.407 e. The lowest BCUT2D eigenvalue weighted by Gasteiger charge is -2.21. The summed E-state index contributed by atoms with van der Waals surface area (Å²) >= 11 is 0. The number of carbonyl (C=O) groups excluding carboxylic acids is 1. The lowest BCUT2D eigenvalue weighted by Crippen LogP contribution is -2.16. The van der Waals surface area contributed by atoms with Crippen molar-refractivity contribution in [1.29, 1.82) is 0 Å². The standard InChI is InChI=1S/C13H20O6P2/c1-4-17-20(15,12-10-8-7-9-11-12)13(14)21(16,18-5-2)19-6-3/h7-11H,4-6H2,1-3H3. The Bertz CT molecular complexity index is 547. The topological polar surface area (TPSA) is 78.9 Å². The SMILES string of the molecule is CCOP(=O)(OCC)C(=O)P(=O)(OCC)c1ccccc1. The summed E-state index contributed by atoms with van der Waals surface area (Å²) in [6, 6.07) is 7.96. The van der Waals surface area contributed by atoms with Crippen LogP contribution in [0.15, 0.2) is 30.3 Å². The van der Waals surface area contributed by atoms with E-state index in [2.05, 4.69) is 0 Å². The first-order valence-electron chi connectivity index (χ1n) is 6.69. The van der Waals surface area contributed by atoms with Crippen molar-refractivity contribution in [2.45, 2.75) is 20.8 Å². The molecule has 21 heavy (non-hydrogen) atoms. The Hall–Kier alpha value is -0.770. The van der Waals surface area contributed by atoms with Gasteiger partial charge >= 0.3 is 20.2 Å². The van der Waals surface area contributed by atoms with E-state index in [-0.39, 0.29) is 25.1 Å². The quantitative estimate of drug-likeness (QED) is 0.635. The molecule has 1 atom stereocenters. The molecule has 0 amide bonds. The summed E-state index contributed by atoms with van der Waals surface area (Å²) in [5.41, 5.74) is 0. The fraction of sp³-hybridized carbons (Fsp3) is 0.462. The van der Waals surface area contributed by atoms with Gasteiger partial charge in [-0.2, -0.15) is 0 Å². The highest BCUT2D eigenvalue weighted by atomic mass is 31.2. The van der Waals surface area contributed by atoms with Crippen LogP contribution in [0.1, 0.15) is 20.8 Å². The van der Waals surface area contributed by atoms with Crippen molar-refractivity contribution in [3.8, 4) is 0 Å². The molecular weight excluding hydrogens is 314 g/mol. The number of carbonyl (C=O) groups is 1. The summed E-state index contributed by atoms with van der Waals surface area (Å²) in [5, 5.41) is -0.941. The van der Waals surface area contributed by atoms with E-state index in [1.807, 2.05) is 0 Å². The van der Waals surface area contributed by atoms with Crippen LogP contribution in [0.3, 0.4) is 0 Å². The predicted octanol–water partition coefficient (Wildman–Crippen LogP) is 4.01. The second-order valence-electron chi connectivity index (χ2n) is 3.92. The molecule has 1 aromatic carbocycles. The molecule has 0 spiro atoms. The van der Waals surface area contributed by atoms with Gasteiger partial charge in [0.15, 0.2) is 0 Å². The molecule has 0 aliphatic carbocycles. The molecule has 0 heterocycles. The Morgan fingerprint density at radius 1 is 0.905 bits per heavy atom. The average Bonchev–Trinajstić information content (AvgIpc) is 2.48. The van der Waals surface area contributed by atoms with E-state index in [4.69, 9.17) is 13.6 Å². The minimum Gasteiger partial charge on any atom is -0.320 e. The Morgan fingerprint density at radius 3 is 1.81 bits per heavy atom. The van der Waals surface area contributed by atoms with E-state index in [1.54, 1.807) is 39.0 Å². The molecule has 0 bridgehead atoms. The van der Waals surface area contributed by atoms with Crippen LogP contribution in [0.2, 0.25) is 0 Å². The fourth-order valence-electron chi connectivity index (χ4n) is 1.70. The molecule has 1 rings (SSSR count). The molecule has 0 saturated carbocycles. The first-order chi connectivity index (χ1) is 9.94. The van der Waals surface area contributed by atoms with Gasteiger partial charge in [0.25, 0.3) is 0 Å². The van der Waals surface area contributed by atoms with Gasteiger partial charge < -0.3 is 13.6 Å². The maximum atomic E-state index is 13.0. The molecule has 0 aliphatic heterocycles. The third-order valence-electron chi connectivity index (χ3n) is 2.49. The fourth-order valence-corrected chi connectivity index (χ4v) is 6.23. The Labute approximate surface area is 124 Å². The van der Waals surface area contributed by atoms with Gasteiger partial charge in [0.1, 0.15) is 0 Å². The molecule has 8 heteroatoms. The maximum absolute atomic E-state index is 13.0. The van der Waals surface area contributed by atoms with Gasteiger partial charge in [-0.3, -0.25) is 13.9 Å². The predicted molar refractivity (Wildman–Crippen MR) is 81.6 cm³/mol. The van der Waals surface area contributed by atoms with Crippen LogP contribution in [0.4, 0.5) is 4.79 Å². The monoisotopic (exact) mass is 334 g/mol. The number of benzene rings is 1. The minimum atomic E-state index is -4.15. The van der Waals surface area contributed by atoms with E-state index in [1.165, 1.54) is 12.1 Å². The van der Waals surface area contributed by atoms with Crippen LogP contribution in [0.5, 0.6) is 0 Å². The second-order valence-corrected chi connectivity index (χ2v) is 8.47. The van der Waals surface area contributed by atoms with Gasteiger partial charge in [-0.15, -0.1) is 0 Å². The van der Waals surface area contributed by atoms with E-state index in [0.717, 1.165) is 0 Å². The van der Waals surface area contributed by atoms with Crippen LogP contribution >= 0.6 is 15.0 Å². The zero-order valence-electron chi connectivity index (χ0n) is 12.4. The average molecular weight is 334 g/mol. The molecule has 1 unspecified atom stereocenters. The zero-order chi connectivity index (χ0) is 15.9. The highest BCUT2D eigenvalue weighted by Gasteiger charge is 2.49. The molecule has 0 aliphatic rings. The van der Waals surface area contributed by atoms with Crippen LogP contribution in [0, 0.1) is 0 Å². The number of rotatable bonds is 9. The molecule has 0 fully saturated rings. The molecule has 0 aromatic heterocycles. The normalized spacial score (nSPS) is 14.6. The minimum absolute atomic E-state index is 0.00390. The number of hydrogen-bond acceptors (Lipinski definition) is 6. The highest BCUT2D eigenvalue weighted by Crippen LogP contribution is 2.65. The summed E-state index contributed by atoms with van der Waals surface area (Å²) in [7, 11) is -8.15. The lowest BCUT2D eigenvalue weighted by atomic mass is 10.4. The van der Waals surface area contributed by atoms with Crippen LogP contribution in [0.25, 0.3) is 0 Å². The third-order valence-corrected chi connectivity index (χ3v) is 7.78. The van der Waals surface area contributed by atoms with Crippen molar-refractivity contribution in [3.63, 3.8) is 0 Å². The smallest absolute Gasteiger partial charge is 0.320 e. The van der Waals surface area contributed by atoms with E-state index in [0.29, 0.717) is 0 Å². The summed E-state index contributed by atoms with van der Waals surface area (Å²) in [6.45, 7) is 4.80. The van der Waals surface area contributed by atoms with Gasteiger partial charge in [0.2, 0.25) is 0 Å². The van der Waals surface area contributed by atoms with Crippen LogP contribution in [-0.4, -0.2) is 25.1 Å². The summed E-state index contributed by atoms with van der Waals surface area (Å²) < 4.78 is 40.7. The van der Waals surface area contributed by atoms with E-state index >= 15 is 0 Å². The first kappa shape index (κ1) is 18.3. The van der Waals surface area contributed by atoms with Crippen molar-refractivity contribution in [2.24, 2.45) is 0 Å². The molecule has 6 nitrogen and oxygen atoms in total. The molecular formula is C13H20O6P2. The molecule has 0 radical (unpaired) electrons. The molecule has 1 aromatic rings. The third kappa shape index (κ3) is 4.12. The molecule has 118 valence electrons. The van der Waals surface area contributed by atoms with Gasteiger partial charge in [0, 0.05) is 5.30 Å². The Morgan fingerprint density at radius 2 is 1.38 bits per heavy atom. The van der Waals surface area contributed by atoms with E-state index in [9.17, 15) is 13.9 Å². The molecule has 0 N–H and O–H groups in total. The Kier molecular flexibility index (Phi) is 6.98.